The second kappa shape index (κ2) is 10.3. The molecule has 4 rings (SSSR count). The zero-order valence-electron chi connectivity index (χ0n) is 19.3. The van der Waals surface area contributed by atoms with Crippen molar-refractivity contribution >= 4 is 11.8 Å². The summed E-state index contributed by atoms with van der Waals surface area (Å²) in [6.07, 6.45) is 7.58. The Morgan fingerprint density at radius 3 is 2.61 bits per heavy atom. The number of hydrogen-bond acceptors (Lipinski definition) is 6. The summed E-state index contributed by atoms with van der Waals surface area (Å²) in [5.74, 6) is 1.36. The molecule has 2 amide bonds. The van der Waals surface area contributed by atoms with E-state index >= 15 is 0 Å². The molecule has 1 unspecified atom stereocenters. The lowest BCUT2D eigenvalue weighted by Crippen LogP contribution is -2.47. The quantitative estimate of drug-likeness (QED) is 0.656. The highest BCUT2D eigenvalue weighted by Gasteiger charge is 2.43. The van der Waals surface area contributed by atoms with E-state index in [0.29, 0.717) is 49.5 Å². The van der Waals surface area contributed by atoms with Crippen LogP contribution in [0.5, 0.6) is 11.5 Å². The van der Waals surface area contributed by atoms with Gasteiger partial charge in [0.15, 0.2) is 11.5 Å². The summed E-state index contributed by atoms with van der Waals surface area (Å²) in [6.45, 7) is 1.87. The van der Waals surface area contributed by atoms with Crippen molar-refractivity contribution in [3.8, 4) is 11.5 Å². The van der Waals surface area contributed by atoms with Crippen molar-refractivity contribution in [3.05, 3.63) is 47.9 Å². The van der Waals surface area contributed by atoms with Crippen molar-refractivity contribution in [1.29, 1.82) is 0 Å². The van der Waals surface area contributed by atoms with Crippen molar-refractivity contribution < 1.29 is 28.2 Å². The smallest absolute Gasteiger partial charge is 0.257 e. The Kier molecular flexibility index (Phi) is 7.23. The van der Waals surface area contributed by atoms with Gasteiger partial charge in [0.1, 0.15) is 6.26 Å². The van der Waals surface area contributed by atoms with Crippen LogP contribution in [0.25, 0.3) is 0 Å². The highest BCUT2D eigenvalue weighted by atomic mass is 16.5. The van der Waals surface area contributed by atoms with Gasteiger partial charge in [0.25, 0.3) is 5.91 Å². The first-order valence-electron chi connectivity index (χ1n) is 11.5. The molecule has 178 valence electrons. The van der Waals surface area contributed by atoms with Gasteiger partial charge in [0, 0.05) is 26.1 Å². The van der Waals surface area contributed by atoms with Crippen LogP contribution in [0.2, 0.25) is 0 Å². The van der Waals surface area contributed by atoms with Gasteiger partial charge in [0.2, 0.25) is 5.91 Å². The summed E-state index contributed by atoms with van der Waals surface area (Å²) in [5.41, 5.74) is 1.44. The van der Waals surface area contributed by atoms with E-state index in [9.17, 15) is 9.59 Å². The molecule has 2 saturated heterocycles. The number of amides is 2. The molecule has 3 heterocycles. The summed E-state index contributed by atoms with van der Waals surface area (Å²) >= 11 is 0. The monoisotopic (exact) mass is 456 g/mol. The Balaban J connectivity index is 1.18. The van der Waals surface area contributed by atoms with Gasteiger partial charge >= 0.3 is 0 Å². The number of piperidine rings is 1. The molecule has 1 atom stereocenters. The molecular formula is C25H32N2O6. The van der Waals surface area contributed by atoms with Crippen LogP contribution in [-0.4, -0.2) is 62.3 Å². The molecule has 0 bridgehead atoms. The molecule has 1 N–H and O–H groups in total. The molecule has 2 aliphatic rings. The van der Waals surface area contributed by atoms with Crippen molar-refractivity contribution in [3.63, 3.8) is 0 Å². The number of likely N-dealkylation sites (tertiary alicyclic amines) is 1. The lowest BCUT2D eigenvalue weighted by molar-refractivity contribution is -0.122. The molecular weight excluding hydrogens is 424 g/mol. The first kappa shape index (κ1) is 23.2. The van der Waals surface area contributed by atoms with Crippen LogP contribution in [-0.2, 0) is 16.0 Å². The van der Waals surface area contributed by atoms with Crippen LogP contribution < -0.4 is 14.8 Å². The SMILES string of the molecule is COc1ccc(CCC(=O)NCC2CCC3(CCN(C(=O)c4ccoc4)CC3)O2)cc1OC. The molecule has 2 aromatic rings. The maximum absolute atomic E-state index is 12.5. The van der Waals surface area contributed by atoms with Gasteiger partial charge in [-0.1, -0.05) is 6.07 Å². The number of carbonyl (C=O) groups is 2. The third-order valence-corrected chi connectivity index (χ3v) is 6.68. The summed E-state index contributed by atoms with van der Waals surface area (Å²) in [6, 6.07) is 7.40. The Bertz CT molecular complexity index is 950. The Morgan fingerprint density at radius 1 is 1.12 bits per heavy atom. The average Bonchev–Trinajstić information content (AvgIpc) is 3.52. The molecule has 33 heavy (non-hydrogen) atoms. The van der Waals surface area contributed by atoms with Crippen LogP contribution in [0.3, 0.4) is 0 Å². The molecule has 8 nitrogen and oxygen atoms in total. The van der Waals surface area contributed by atoms with E-state index in [1.807, 2.05) is 23.1 Å². The third-order valence-electron chi connectivity index (χ3n) is 6.68. The van der Waals surface area contributed by atoms with Crippen molar-refractivity contribution in [2.75, 3.05) is 33.9 Å². The fourth-order valence-corrected chi connectivity index (χ4v) is 4.70. The number of furan rings is 1. The summed E-state index contributed by atoms with van der Waals surface area (Å²) in [4.78, 5) is 26.7. The van der Waals surface area contributed by atoms with Crippen molar-refractivity contribution in [2.45, 2.75) is 50.2 Å². The van der Waals surface area contributed by atoms with Crippen LogP contribution in [0.15, 0.2) is 41.2 Å². The highest BCUT2D eigenvalue weighted by Crippen LogP contribution is 2.39. The average molecular weight is 457 g/mol. The predicted molar refractivity (Wildman–Crippen MR) is 122 cm³/mol. The number of rotatable bonds is 8. The number of nitrogens with zero attached hydrogens (tertiary/aromatic N) is 1. The van der Waals surface area contributed by atoms with Crippen LogP contribution in [0.1, 0.15) is 48.0 Å². The lowest BCUT2D eigenvalue weighted by Gasteiger charge is -2.39. The first-order valence-corrected chi connectivity index (χ1v) is 11.5. The first-order chi connectivity index (χ1) is 16.0. The van der Waals surface area contributed by atoms with Crippen LogP contribution in [0.4, 0.5) is 0 Å². The van der Waals surface area contributed by atoms with Gasteiger partial charge in [-0.25, -0.2) is 0 Å². The molecule has 2 aliphatic heterocycles. The zero-order valence-corrected chi connectivity index (χ0v) is 19.3. The molecule has 1 aromatic carbocycles. The highest BCUT2D eigenvalue weighted by molar-refractivity contribution is 5.93. The fraction of sp³-hybridized carbons (Fsp3) is 0.520. The van der Waals surface area contributed by atoms with E-state index in [1.54, 1.807) is 20.3 Å². The van der Waals surface area contributed by atoms with Crippen LogP contribution in [0, 0.1) is 0 Å². The molecule has 0 radical (unpaired) electrons. The van der Waals surface area contributed by atoms with Crippen molar-refractivity contribution in [2.24, 2.45) is 0 Å². The maximum atomic E-state index is 12.5. The van der Waals surface area contributed by atoms with Gasteiger partial charge in [-0.2, -0.15) is 0 Å². The van der Waals surface area contributed by atoms with E-state index in [4.69, 9.17) is 18.6 Å². The number of ether oxygens (including phenoxy) is 3. The topological polar surface area (TPSA) is 90.2 Å². The van der Waals surface area contributed by atoms with Gasteiger partial charge in [-0.05, 0) is 55.9 Å². The van der Waals surface area contributed by atoms with E-state index in [0.717, 1.165) is 31.2 Å². The normalized spacial score (nSPS) is 19.5. The van der Waals surface area contributed by atoms with E-state index < -0.39 is 0 Å². The second-order valence-corrected chi connectivity index (χ2v) is 8.76. The van der Waals surface area contributed by atoms with Gasteiger partial charge in [-0.3, -0.25) is 9.59 Å². The summed E-state index contributed by atoms with van der Waals surface area (Å²) < 4.78 is 22.0. The zero-order chi connectivity index (χ0) is 23.3. The van der Waals surface area contributed by atoms with Crippen molar-refractivity contribution in [1.82, 2.24) is 10.2 Å². The minimum atomic E-state index is -0.178. The number of methoxy groups -OCH3 is 2. The predicted octanol–water partition coefficient (Wildman–Crippen LogP) is 3.20. The molecule has 1 aromatic heterocycles. The Hall–Kier alpha value is -3.00. The van der Waals surface area contributed by atoms with Crippen LogP contribution >= 0.6 is 0 Å². The fourth-order valence-electron chi connectivity index (χ4n) is 4.70. The van der Waals surface area contributed by atoms with Gasteiger partial charge < -0.3 is 28.8 Å². The number of benzene rings is 1. The molecule has 1 spiro atoms. The Labute approximate surface area is 194 Å². The minimum absolute atomic E-state index is 0.00913. The lowest BCUT2D eigenvalue weighted by atomic mass is 9.88. The van der Waals surface area contributed by atoms with E-state index in [1.165, 1.54) is 12.5 Å². The second-order valence-electron chi connectivity index (χ2n) is 8.76. The number of aryl methyl sites for hydroxylation is 1. The molecule has 8 heteroatoms. The minimum Gasteiger partial charge on any atom is -0.493 e. The summed E-state index contributed by atoms with van der Waals surface area (Å²) in [7, 11) is 3.20. The number of hydrogen-bond donors (Lipinski definition) is 1. The third kappa shape index (κ3) is 5.50. The summed E-state index contributed by atoms with van der Waals surface area (Å²) in [5, 5.41) is 3.02. The van der Waals surface area contributed by atoms with E-state index in [-0.39, 0.29) is 23.5 Å². The Morgan fingerprint density at radius 2 is 1.91 bits per heavy atom. The standard InChI is InChI=1S/C25H32N2O6/c1-30-21-5-3-18(15-22(21)31-2)4-6-23(28)26-16-20-7-9-25(33-20)10-12-27(13-11-25)24(29)19-8-14-32-17-19/h3,5,8,14-15,17,20H,4,6-7,9-13,16H2,1-2H3,(H,26,28). The molecule has 0 saturated carbocycles. The largest absolute Gasteiger partial charge is 0.493 e. The van der Waals surface area contributed by atoms with Gasteiger partial charge in [0.05, 0.1) is 37.8 Å². The van der Waals surface area contributed by atoms with Gasteiger partial charge in [-0.15, -0.1) is 0 Å². The molecule has 0 aliphatic carbocycles. The number of carbonyl (C=O) groups excluding carboxylic acids is 2. The molecule has 2 fully saturated rings. The van der Waals surface area contributed by atoms with E-state index in [2.05, 4.69) is 5.32 Å². The number of nitrogens with one attached hydrogen (secondary N) is 1. The maximum Gasteiger partial charge on any atom is 0.257 e.